The Morgan fingerprint density at radius 1 is 1.50 bits per heavy atom. The highest BCUT2D eigenvalue weighted by Gasteiger charge is 2.18. The Bertz CT molecular complexity index is 674. The summed E-state index contributed by atoms with van der Waals surface area (Å²) in [5, 5.41) is 7.08. The number of imidazole rings is 1. The molecule has 0 aromatic carbocycles. The maximum Gasteiger partial charge on any atom is 0.240 e. The van der Waals surface area contributed by atoms with E-state index in [2.05, 4.69) is 26.6 Å². The summed E-state index contributed by atoms with van der Waals surface area (Å²) in [7, 11) is 0. The van der Waals surface area contributed by atoms with Crippen molar-refractivity contribution in [2.45, 2.75) is 30.8 Å². The molecule has 0 amide bonds. The summed E-state index contributed by atoms with van der Waals surface area (Å²) in [5.41, 5.74) is 0. The molecular formula is C13H14N4OS2. The van der Waals surface area contributed by atoms with E-state index in [0.29, 0.717) is 11.7 Å². The van der Waals surface area contributed by atoms with Crippen LogP contribution in [0.4, 0.5) is 0 Å². The van der Waals surface area contributed by atoms with E-state index in [4.69, 9.17) is 4.52 Å². The first kappa shape index (κ1) is 13.4. The van der Waals surface area contributed by atoms with E-state index >= 15 is 0 Å². The molecule has 20 heavy (non-hydrogen) atoms. The average molecular weight is 306 g/mol. The van der Waals surface area contributed by atoms with Gasteiger partial charge in [-0.3, -0.25) is 0 Å². The first-order valence-electron chi connectivity index (χ1n) is 6.33. The number of rotatable bonds is 5. The molecule has 5 nitrogen and oxygen atoms in total. The van der Waals surface area contributed by atoms with Crippen LogP contribution in [0.1, 0.15) is 25.0 Å². The molecule has 0 aliphatic heterocycles. The van der Waals surface area contributed by atoms with Crippen LogP contribution in [0.5, 0.6) is 0 Å². The summed E-state index contributed by atoms with van der Waals surface area (Å²) >= 11 is 3.23. The van der Waals surface area contributed by atoms with Crippen LogP contribution in [-0.4, -0.2) is 19.7 Å². The molecule has 104 valence electrons. The van der Waals surface area contributed by atoms with E-state index in [1.807, 2.05) is 36.8 Å². The lowest BCUT2D eigenvalue weighted by molar-refractivity contribution is 0.380. The van der Waals surface area contributed by atoms with Crippen LogP contribution < -0.4 is 0 Å². The molecule has 0 fully saturated rings. The molecule has 3 aromatic heterocycles. The smallest absolute Gasteiger partial charge is 0.240 e. The molecule has 0 bridgehead atoms. The Labute approximate surface area is 125 Å². The summed E-state index contributed by atoms with van der Waals surface area (Å²) in [5.74, 6) is 1.28. The van der Waals surface area contributed by atoms with Crippen LogP contribution in [-0.2, 0) is 6.54 Å². The fourth-order valence-corrected chi connectivity index (χ4v) is 3.38. The van der Waals surface area contributed by atoms with Gasteiger partial charge in [0.05, 0.1) is 10.1 Å². The van der Waals surface area contributed by atoms with Crippen molar-refractivity contribution in [3.8, 4) is 10.7 Å². The van der Waals surface area contributed by atoms with Crippen LogP contribution in [0.3, 0.4) is 0 Å². The van der Waals surface area contributed by atoms with Gasteiger partial charge in [0.15, 0.2) is 5.16 Å². The third kappa shape index (κ3) is 2.64. The molecule has 0 saturated heterocycles. The second kappa shape index (κ2) is 5.80. The lowest BCUT2D eigenvalue weighted by Crippen LogP contribution is -1.97. The zero-order chi connectivity index (χ0) is 13.9. The molecule has 0 N–H and O–H groups in total. The van der Waals surface area contributed by atoms with Crippen molar-refractivity contribution in [2.75, 3.05) is 0 Å². The van der Waals surface area contributed by atoms with Gasteiger partial charge in [-0.2, -0.15) is 4.98 Å². The van der Waals surface area contributed by atoms with Crippen molar-refractivity contribution in [1.29, 1.82) is 0 Å². The lowest BCUT2D eigenvalue weighted by Gasteiger charge is -2.07. The van der Waals surface area contributed by atoms with Gasteiger partial charge in [-0.1, -0.05) is 23.0 Å². The van der Waals surface area contributed by atoms with Crippen molar-refractivity contribution >= 4 is 23.1 Å². The zero-order valence-corrected chi connectivity index (χ0v) is 12.8. The molecule has 0 aliphatic rings. The molecule has 3 aromatic rings. The van der Waals surface area contributed by atoms with E-state index in [1.54, 1.807) is 23.1 Å². The number of hydrogen-bond acceptors (Lipinski definition) is 6. The molecule has 0 radical (unpaired) electrons. The van der Waals surface area contributed by atoms with Crippen molar-refractivity contribution in [1.82, 2.24) is 19.7 Å². The second-order valence-corrected chi connectivity index (χ2v) is 6.45. The van der Waals surface area contributed by atoms with Gasteiger partial charge in [-0.05, 0) is 25.3 Å². The zero-order valence-electron chi connectivity index (χ0n) is 11.2. The van der Waals surface area contributed by atoms with Gasteiger partial charge in [-0.25, -0.2) is 4.98 Å². The van der Waals surface area contributed by atoms with Crippen LogP contribution >= 0.6 is 23.1 Å². The third-order valence-electron chi connectivity index (χ3n) is 2.83. The van der Waals surface area contributed by atoms with Gasteiger partial charge in [0.25, 0.3) is 0 Å². The minimum absolute atomic E-state index is 0.0731. The molecule has 0 saturated carbocycles. The highest BCUT2D eigenvalue weighted by Crippen LogP contribution is 2.34. The number of aromatic nitrogens is 4. The molecule has 0 spiro atoms. The second-order valence-electron chi connectivity index (χ2n) is 4.19. The summed E-state index contributed by atoms with van der Waals surface area (Å²) < 4.78 is 7.46. The highest BCUT2D eigenvalue weighted by molar-refractivity contribution is 7.99. The van der Waals surface area contributed by atoms with Crippen LogP contribution in [0.25, 0.3) is 10.7 Å². The Hall–Kier alpha value is -1.60. The predicted molar refractivity (Wildman–Crippen MR) is 79.8 cm³/mol. The van der Waals surface area contributed by atoms with E-state index in [1.165, 1.54) is 0 Å². The predicted octanol–water partition coefficient (Wildman–Crippen LogP) is 3.87. The first-order valence-corrected chi connectivity index (χ1v) is 8.09. The Morgan fingerprint density at radius 3 is 3.15 bits per heavy atom. The van der Waals surface area contributed by atoms with Gasteiger partial charge >= 0.3 is 0 Å². The van der Waals surface area contributed by atoms with Gasteiger partial charge < -0.3 is 9.09 Å². The molecule has 3 rings (SSSR count). The molecule has 7 heteroatoms. The van der Waals surface area contributed by atoms with E-state index < -0.39 is 0 Å². The van der Waals surface area contributed by atoms with Gasteiger partial charge in [0.2, 0.25) is 11.7 Å². The number of nitrogens with zero attached hydrogens (tertiary/aromatic N) is 4. The van der Waals surface area contributed by atoms with Crippen molar-refractivity contribution in [3.63, 3.8) is 0 Å². The van der Waals surface area contributed by atoms with Crippen molar-refractivity contribution in [3.05, 3.63) is 35.8 Å². The number of aryl methyl sites for hydroxylation is 1. The Balaban J connectivity index is 1.76. The Morgan fingerprint density at radius 2 is 2.40 bits per heavy atom. The van der Waals surface area contributed by atoms with Gasteiger partial charge in [0, 0.05) is 18.9 Å². The fourth-order valence-electron chi connectivity index (χ4n) is 1.77. The third-order valence-corrected chi connectivity index (χ3v) is 4.80. The maximum absolute atomic E-state index is 5.36. The SMILES string of the molecule is CCn1ccnc1SC(C)c1nc(-c2cccs2)no1. The van der Waals surface area contributed by atoms with Gasteiger partial charge in [-0.15, -0.1) is 11.3 Å². The van der Waals surface area contributed by atoms with Crippen LogP contribution in [0.15, 0.2) is 39.6 Å². The highest BCUT2D eigenvalue weighted by atomic mass is 32.2. The number of hydrogen-bond donors (Lipinski definition) is 0. The molecule has 1 atom stereocenters. The quantitative estimate of drug-likeness (QED) is 0.670. The topological polar surface area (TPSA) is 56.7 Å². The van der Waals surface area contributed by atoms with E-state index in [9.17, 15) is 0 Å². The minimum Gasteiger partial charge on any atom is -0.338 e. The number of thiophene rings is 1. The minimum atomic E-state index is 0.0731. The largest absolute Gasteiger partial charge is 0.338 e. The van der Waals surface area contributed by atoms with Crippen molar-refractivity contribution < 1.29 is 4.52 Å². The van der Waals surface area contributed by atoms with E-state index in [0.717, 1.165) is 16.6 Å². The average Bonchev–Trinajstić information content (AvgIpc) is 3.19. The van der Waals surface area contributed by atoms with Gasteiger partial charge in [0.1, 0.15) is 0 Å². The molecule has 3 heterocycles. The summed E-state index contributed by atoms with van der Waals surface area (Å²) in [6.07, 6.45) is 3.78. The Kier molecular flexibility index (Phi) is 3.88. The molecule has 1 unspecified atom stereocenters. The van der Waals surface area contributed by atoms with Crippen molar-refractivity contribution in [2.24, 2.45) is 0 Å². The number of thioether (sulfide) groups is 1. The summed E-state index contributed by atoms with van der Waals surface area (Å²) in [6, 6.07) is 3.97. The van der Waals surface area contributed by atoms with E-state index in [-0.39, 0.29) is 5.25 Å². The molecular weight excluding hydrogens is 292 g/mol. The normalized spacial score (nSPS) is 12.7. The fraction of sp³-hybridized carbons (Fsp3) is 0.308. The van der Waals surface area contributed by atoms with Crippen LogP contribution in [0.2, 0.25) is 0 Å². The monoisotopic (exact) mass is 306 g/mol. The lowest BCUT2D eigenvalue weighted by atomic mass is 10.4. The van der Waals surface area contributed by atoms with Crippen LogP contribution in [0, 0.1) is 0 Å². The summed E-state index contributed by atoms with van der Waals surface area (Å²) in [4.78, 5) is 9.83. The maximum atomic E-state index is 5.36. The standard InChI is InChI=1S/C13H14N4OS2/c1-3-17-7-6-14-13(17)20-9(2)12-15-11(16-18-12)10-5-4-8-19-10/h4-9H,3H2,1-2H3. The summed E-state index contributed by atoms with van der Waals surface area (Å²) in [6.45, 7) is 5.04. The molecule has 0 aliphatic carbocycles. The first-order chi connectivity index (χ1) is 9.78.